The summed E-state index contributed by atoms with van der Waals surface area (Å²) >= 11 is 0. The van der Waals surface area contributed by atoms with E-state index in [1.807, 2.05) is 26.0 Å². The van der Waals surface area contributed by atoms with Gasteiger partial charge in [-0.2, -0.15) is 0 Å². The van der Waals surface area contributed by atoms with Crippen LogP contribution in [0.3, 0.4) is 0 Å². The Hall–Kier alpha value is -4.55. The van der Waals surface area contributed by atoms with Crippen LogP contribution in [0.25, 0.3) is 0 Å². The SMILES string of the molecule is CCC(C)CC(C)/C=C(/C(=O)O)[C@]1(O)[C@@H](O)[C@@]2(CC=C(C)C(=O)C(C)Cc3ccccc3)O[C@H](OC(=O)O)[C@](O)(OC(=O)O)[C@]1(OC(=O)O)O2. The molecule has 0 radical (unpaired) electrons. The van der Waals surface area contributed by atoms with Gasteiger partial charge in [0.1, 0.15) is 6.10 Å². The smallest absolute Gasteiger partial charge is 0.478 e. The molecule has 9 atom stereocenters. The van der Waals surface area contributed by atoms with Crippen LogP contribution in [-0.2, 0) is 39.7 Å². The largest absolute Gasteiger partial charge is 0.508 e. The normalized spacial score (nSPS) is 31.2. The van der Waals surface area contributed by atoms with Gasteiger partial charge in [-0.05, 0) is 42.7 Å². The Morgan fingerprint density at radius 3 is 2.06 bits per heavy atom. The molecule has 2 fully saturated rings. The summed E-state index contributed by atoms with van der Waals surface area (Å²) in [5.74, 6) is -15.0. The number of fused-ring (bicyclic) bond motifs is 2. The van der Waals surface area contributed by atoms with Crippen LogP contribution in [-0.4, -0.2) is 101 Å². The number of carboxylic acid groups (broad SMARTS) is 4. The van der Waals surface area contributed by atoms with Crippen LogP contribution in [0.1, 0.15) is 59.4 Å². The predicted octanol–water partition coefficient (Wildman–Crippen LogP) is 3.50. The van der Waals surface area contributed by atoms with Crippen LogP contribution < -0.4 is 0 Å². The van der Waals surface area contributed by atoms with E-state index in [-0.39, 0.29) is 11.5 Å². The molecular weight excluding hydrogens is 668 g/mol. The summed E-state index contributed by atoms with van der Waals surface area (Å²) in [5.41, 5.74) is -4.23. The van der Waals surface area contributed by atoms with E-state index in [9.17, 15) is 59.7 Å². The van der Waals surface area contributed by atoms with E-state index in [1.54, 1.807) is 25.1 Å². The maximum atomic E-state index is 13.3. The Morgan fingerprint density at radius 2 is 1.54 bits per heavy atom. The zero-order valence-electron chi connectivity index (χ0n) is 28.0. The lowest BCUT2D eigenvalue weighted by Crippen LogP contribution is -2.77. The first-order chi connectivity index (χ1) is 23.2. The Balaban J connectivity index is 2.30. The number of rotatable bonds is 15. The minimum absolute atomic E-state index is 0.00983. The summed E-state index contributed by atoms with van der Waals surface area (Å²) in [6, 6.07) is 8.99. The fourth-order valence-electron chi connectivity index (χ4n) is 6.35. The number of aliphatic carboxylic acids is 1. The molecule has 2 heterocycles. The number of Topliss-reactive ketones (excluding diaryl/α,β-unsaturated/α-hetero) is 1. The lowest BCUT2D eigenvalue weighted by Gasteiger charge is -2.51. The van der Waals surface area contributed by atoms with E-state index >= 15 is 0 Å². The van der Waals surface area contributed by atoms with Crippen LogP contribution in [0, 0.1) is 17.8 Å². The summed E-state index contributed by atoms with van der Waals surface area (Å²) in [6.45, 7) is 8.22. The van der Waals surface area contributed by atoms with Crippen molar-refractivity contribution >= 4 is 30.2 Å². The molecule has 0 aromatic heterocycles. The Kier molecular flexibility index (Phi) is 12.1. The number of ketones is 1. The number of carbonyl (C=O) groups is 5. The maximum Gasteiger partial charge on any atom is 0.508 e. The second-order valence-electron chi connectivity index (χ2n) is 12.6. The third-order valence-electron chi connectivity index (χ3n) is 8.89. The number of aliphatic hydroxyl groups excluding tert-OH is 1. The monoisotopic (exact) mass is 710 g/mol. The van der Waals surface area contributed by atoms with Crippen molar-refractivity contribution in [3.63, 3.8) is 0 Å². The van der Waals surface area contributed by atoms with E-state index in [0.717, 1.165) is 17.7 Å². The zero-order chi connectivity index (χ0) is 37.8. The van der Waals surface area contributed by atoms with Gasteiger partial charge >= 0.3 is 36.0 Å². The van der Waals surface area contributed by atoms with Crippen molar-refractivity contribution in [1.29, 1.82) is 0 Å². The minimum atomic E-state index is -4.18. The minimum Gasteiger partial charge on any atom is -0.478 e. The summed E-state index contributed by atoms with van der Waals surface area (Å²) in [4.78, 5) is 62.0. The van der Waals surface area contributed by atoms with Gasteiger partial charge in [0.15, 0.2) is 5.78 Å². The number of carbonyl (C=O) groups excluding carboxylic acids is 1. The van der Waals surface area contributed by atoms with E-state index in [0.29, 0.717) is 19.3 Å². The molecule has 3 rings (SSSR count). The summed E-state index contributed by atoms with van der Waals surface area (Å²) in [6.07, 6.45) is -10.6. The number of hydrogen-bond acceptors (Lipinski definition) is 13. The lowest BCUT2D eigenvalue weighted by atomic mass is 9.75. The van der Waals surface area contributed by atoms with E-state index in [1.165, 1.54) is 13.8 Å². The Bertz CT molecular complexity index is 1520. The van der Waals surface area contributed by atoms with Crippen molar-refractivity contribution in [2.24, 2.45) is 17.8 Å². The molecule has 7 N–H and O–H groups in total. The third kappa shape index (κ3) is 7.46. The van der Waals surface area contributed by atoms with E-state index < -0.39 is 89.4 Å². The van der Waals surface area contributed by atoms with Crippen molar-refractivity contribution in [2.45, 2.75) is 95.7 Å². The van der Waals surface area contributed by atoms with Gasteiger partial charge in [-0.15, -0.1) is 0 Å². The van der Waals surface area contributed by atoms with Gasteiger partial charge < -0.3 is 54.7 Å². The fourth-order valence-corrected chi connectivity index (χ4v) is 6.35. The van der Waals surface area contributed by atoms with Gasteiger partial charge in [-0.25, -0.2) is 19.2 Å². The molecule has 2 aliphatic rings. The average Bonchev–Trinajstić information content (AvgIpc) is 3.18. The van der Waals surface area contributed by atoms with Gasteiger partial charge in [-0.3, -0.25) is 9.53 Å². The molecule has 0 saturated carbocycles. The molecule has 276 valence electrons. The molecule has 3 unspecified atom stereocenters. The molecule has 17 nitrogen and oxygen atoms in total. The molecule has 2 bridgehead atoms. The van der Waals surface area contributed by atoms with Gasteiger partial charge in [0.05, 0.1) is 5.57 Å². The van der Waals surface area contributed by atoms with Crippen LogP contribution in [0.15, 0.2) is 53.6 Å². The number of allylic oxidation sites excluding steroid dienone is 2. The van der Waals surface area contributed by atoms with Crippen molar-refractivity contribution in [3.8, 4) is 0 Å². The molecule has 50 heavy (non-hydrogen) atoms. The van der Waals surface area contributed by atoms with Gasteiger partial charge in [-0.1, -0.05) is 76.6 Å². The van der Waals surface area contributed by atoms with Crippen LogP contribution >= 0.6 is 0 Å². The molecule has 2 saturated heterocycles. The first kappa shape index (κ1) is 39.9. The highest BCUT2D eigenvalue weighted by Crippen LogP contribution is 2.62. The van der Waals surface area contributed by atoms with Crippen molar-refractivity contribution < 1.29 is 83.4 Å². The Labute approximate surface area is 286 Å². The van der Waals surface area contributed by atoms with Crippen LogP contribution in [0.2, 0.25) is 0 Å². The molecule has 17 heteroatoms. The first-order valence-electron chi connectivity index (χ1n) is 15.6. The standard InChI is InChI=1S/C33H42O17/c1-6-17(2)14-18(3)15-22(24(35)36)31(44)25(37)30(13-12-19(4)23(34)20(5)16-21-10-8-7-9-11-21)47-26(46-27(38)39)32(45,48-28(40)41)33(31,50-30)49-29(42)43/h7-12,15,17-18,20,25-26,37,44-45H,6,13-14,16H2,1-5H3,(H,35,36)(H,38,39)(H,40,41)(H,42,43)/b19-12?,22-15-/t17?,18?,20?,25-,26-,30-,31-,32-,33+/m0/s1. The number of ether oxygens (including phenoxy) is 5. The van der Waals surface area contributed by atoms with Gasteiger partial charge in [0.25, 0.3) is 6.29 Å². The molecule has 0 aliphatic carbocycles. The molecule has 1 aromatic carbocycles. The fraction of sp³-hybridized carbons (Fsp3) is 0.545. The molecule has 0 spiro atoms. The topological polar surface area (TPSA) is 273 Å². The van der Waals surface area contributed by atoms with Crippen LogP contribution in [0.5, 0.6) is 0 Å². The second kappa shape index (κ2) is 15.1. The summed E-state index contributed by atoms with van der Waals surface area (Å²) in [7, 11) is 0. The number of benzene rings is 1. The van der Waals surface area contributed by atoms with Crippen molar-refractivity contribution in [2.75, 3.05) is 0 Å². The van der Waals surface area contributed by atoms with Crippen LogP contribution in [0.4, 0.5) is 14.4 Å². The van der Waals surface area contributed by atoms with Gasteiger partial charge in [0.2, 0.25) is 11.4 Å². The third-order valence-corrected chi connectivity index (χ3v) is 8.89. The van der Waals surface area contributed by atoms with E-state index in [2.05, 4.69) is 9.47 Å². The highest BCUT2D eigenvalue weighted by Gasteiger charge is 2.90. The number of aliphatic hydroxyl groups is 3. The highest BCUT2D eigenvalue weighted by molar-refractivity contribution is 5.96. The average molecular weight is 711 g/mol. The predicted molar refractivity (Wildman–Crippen MR) is 166 cm³/mol. The maximum absolute atomic E-state index is 13.3. The quantitative estimate of drug-likeness (QED) is 0.0594. The summed E-state index contributed by atoms with van der Waals surface area (Å²) < 4.78 is 24.9. The van der Waals surface area contributed by atoms with E-state index in [4.69, 9.17) is 14.2 Å². The number of carboxylic acids is 1. The molecule has 1 aromatic rings. The Morgan fingerprint density at radius 1 is 0.940 bits per heavy atom. The molecule has 0 amide bonds. The molecular formula is C33H42O17. The van der Waals surface area contributed by atoms with Crippen molar-refractivity contribution in [3.05, 3.63) is 59.2 Å². The van der Waals surface area contributed by atoms with Gasteiger partial charge in [0, 0.05) is 12.3 Å². The zero-order valence-corrected chi connectivity index (χ0v) is 28.0. The lowest BCUT2D eigenvalue weighted by molar-refractivity contribution is -0.514. The number of hydrogen-bond donors (Lipinski definition) is 7. The summed E-state index contributed by atoms with van der Waals surface area (Å²) in [5, 5.41) is 75.2. The molecule has 2 aliphatic heterocycles. The highest BCUT2D eigenvalue weighted by atomic mass is 16.9. The second-order valence-corrected chi connectivity index (χ2v) is 12.6. The van der Waals surface area contributed by atoms with Crippen molar-refractivity contribution in [1.82, 2.24) is 0 Å². The first-order valence-corrected chi connectivity index (χ1v) is 15.6.